The molecular weight excluding hydrogens is 342 g/mol. The van der Waals surface area contributed by atoms with Crippen LogP contribution in [-0.4, -0.2) is 36.6 Å². The van der Waals surface area contributed by atoms with Crippen molar-refractivity contribution >= 4 is 5.91 Å². The first kappa shape index (κ1) is 19.5. The van der Waals surface area contributed by atoms with E-state index in [0.717, 1.165) is 30.4 Å². The van der Waals surface area contributed by atoms with Gasteiger partial charge in [0, 0.05) is 36.7 Å². The van der Waals surface area contributed by atoms with Crippen molar-refractivity contribution in [1.82, 2.24) is 5.32 Å². The minimum Gasteiger partial charge on any atom is -0.459 e. The zero-order chi connectivity index (χ0) is 19.2. The molecule has 5 nitrogen and oxygen atoms in total. The third-order valence-corrected chi connectivity index (χ3v) is 5.01. The molecule has 1 heterocycles. The van der Waals surface area contributed by atoms with Crippen molar-refractivity contribution in [3.8, 4) is 12.3 Å². The van der Waals surface area contributed by atoms with Crippen LogP contribution < -0.4 is 5.32 Å². The highest BCUT2D eigenvalue weighted by Gasteiger charge is 2.38. The highest BCUT2D eigenvalue weighted by molar-refractivity contribution is 5.92. The largest absolute Gasteiger partial charge is 0.459 e. The van der Waals surface area contributed by atoms with Crippen LogP contribution in [0.2, 0.25) is 0 Å². The second kappa shape index (κ2) is 9.07. The van der Waals surface area contributed by atoms with Crippen LogP contribution in [0, 0.1) is 18.3 Å². The van der Waals surface area contributed by atoms with Gasteiger partial charge in [0.25, 0.3) is 5.91 Å². The standard InChI is InChI=1S/C22H27NO4/c1-3-15-7-9-16(10-8-15)19-14-20(21(25)23-17-11-12-17)27-22(26-4-2)18(19)6-5-13-24/h1,7-10,14,17-19,22,24H,4-6,11-13H2,2H3,(H,23,25)/t18-,19+,22+/m0/s1. The molecule has 0 aromatic heterocycles. The van der Waals surface area contributed by atoms with Crippen LogP contribution in [0.15, 0.2) is 36.1 Å². The number of carbonyl (C=O) groups excluding carboxylic acids is 1. The van der Waals surface area contributed by atoms with E-state index in [-0.39, 0.29) is 30.4 Å². The number of nitrogens with one attached hydrogen (secondary N) is 1. The number of rotatable bonds is 8. The zero-order valence-corrected chi connectivity index (χ0v) is 15.7. The number of amides is 1. The topological polar surface area (TPSA) is 67.8 Å². The molecule has 1 amide bonds. The van der Waals surface area contributed by atoms with E-state index in [1.807, 2.05) is 37.3 Å². The normalized spacial score (nSPS) is 24.5. The van der Waals surface area contributed by atoms with E-state index < -0.39 is 6.29 Å². The molecule has 0 spiro atoms. The van der Waals surface area contributed by atoms with Crippen LogP contribution in [0.1, 0.15) is 49.7 Å². The molecule has 2 aliphatic rings. The number of allylic oxidation sites excluding steroid dienone is 1. The van der Waals surface area contributed by atoms with Gasteiger partial charge >= 0.3 is 0 Å². The Morgan fingerprint density at radius 3 is 2.70 bits per heavy atom. The third-order valence-electron chi connectivity index (χ3n) is 5.01. The molecular formula is C22H27NO4. The molecule has 0 unspecified atom stereocenters. The summed E-state index contributed by atoms with van der Waals surface area (Å²) in [4.78, 5) is 12.6. The Labute approximate surface area is 160 Å². The van der Waals surface area contributed by atoms with Gasteiger partial charge < -0.3 is 19.9 Å². The summed E-state index contributed by atoms with van der Waals surface area (Å²) in [5.74, 6) is 2.71. The van der Waals surface area contributed by atoms with Crippen LogP contribution in [0.25, 0.3) is 0 Å². The summed E-state index contributed by atoms with van der Waals surface area (Å²) in [5, 5.41) is 12.3. The Kier molecular flexibility index (Phi) is 6.54. The van der Waals surface area contributed by atoms with E-state index in [1.54, 1.807) is 0 Å². The number of ether oxygens (including phenoxy) is 2. The lowest BCUT2D eigenvalue weighted by Crippen LogP contribution is -2.39. The monoisotopic (exact) mass is 369 g/mol. The third kappa shape index (κ3) is 4.91. The molecule has 1 fully saturated rings. The van der Waals surface area contributed by atoms with Gasteiger partial charge in [-0.1, -0.05) is 18.1 Å². The summed E-state index contributed by atoms with van der Waals surface area (Å²) in [7, 11) is 0. The first-order chi connectivity index (χ1) is 13.2. The Bertz CT molecular complexity index is 715. The fraction of sp³-hybridized carbons (Fsp3) is 0.500. The van der Waals surface area contributed by atoms with E-state index >= 15 is 0 Å². The average Bonchev–Trinajstić information content (AvgIpc) is 3.50. The first-order valence-electron chi connectivity index (χ1n) is 9.64. The summed E-state index contributed by atoms with van der Waals surface area (Å²) in [6.45, 7) is 2.50. The number of terminal acetylenes is 1. The molecule has 1 saturated carbocycles. The molecule has 1 aromatic carbocycles. The van der Waals surface area contributed by atoms with Crippen molar-refractivity contribution in [3.63, 3.8) is 0 Å². The van der Waals surface area contributed by atoms with Gasteiger partial charge in [-0.25, -0.2) is 0 Å². The van der Waals surface area contributed by atoms with E-state index in [9.17, 15) is 9.90 Å². The molecule has 27 heavy (non-hydrogen) atoms. The van der Waals surface area contributed by atoms with Gasteiger partial charge in [0.2, 0.25) is 6.29 Å². The lowest BCUT2D eigenvalue weighted by Gasteiger charge is -2.37. The van der Waals surface area contributed by atoms with Gasteiger partial charge in [-0.3, -0.25) is 4.79 Å². The summed E-state index contributed by atoms with van der Waals surface area (Å²) in [6, 6.07) is 8.05. The van der Waals surface area contributed by atoms with E-state index in [0.29, 0.717) is 18.8 Å². The van der Waals surface area contributed by atoms with E-state index in [2.05, 4.69) is 11.2 Å². The number of carbonyl (C=O) groups is 1. The molecule has 1 aliphatic carbocycles. The SMILES string of the molecule is C#Cc1ccc([C@H]2C=C(C(=O)NC3CC3)O[C@@H](OCC)[C@H]2CCCO)cc1. The quantitative estimate of drug-likeness (QED) is 0.692. The molecule has 3 atom stereocenters. The Morgan fingerprint density at radius 1 is 1.37 bits per heavy atom. The highest BCUT2D eigenvalue weighted by atomic mass is 16.7. The smallest absolute Gasteiger partial charge is 0.286 e. The van der Waals surface area contributed by atoms with Crippen LogP contribution in [0.4, 0.5) is 0 Å². The van der Waals surface area contributed by atoms with Gasteiger partial charge in [0.15, 0.2) is 5.76 Å². The second-order valence-corrected chi connectivity index (χ2v) is 7.04. The number of aliphatic hydroxyl groups excluding tert-OH is 1. The van der Waals surface area contributed by atoms with Crippen LogP contribution in [-0.2, 0) is 14.3 Å². The zero-order valence-electron chi connectivity index (χ0n) is 15.7. The molecule has 1 aliphatic heterocycles. The lowest BCUT2D eigenvalue weighted by molar-refractivity contribution is -0.166. The van der Waals surface area contributed by atoms with Crippen molar-refractivity contribution in [2.45, 2.75) is 50.9 Å². The molecule has 144 valence electrons. The van der Waals surface area contributed by atoms with E-state index in [4.69, 9.17) is 15.9 Å². The maximum atomic E-state index is 12.6. The average molecular weight is 369 g/mol. The molecule has 3 rings (SSSR count). The molecule has 1 aromatic rings. The van der Waals surface area contributed by atoms with Crippen LogP contribution >= 0.6 is 0 Å². The molecule has 5 heteroatoms. The Morgan fingerprint density at radius 2 is 2.11 bits per heavy atom. The maximum Gasteiger partial charge on any atom is 0.286 e. The van der Waals surface area contributed by atoms with Gasteiger partial charge in [0.1, 0.15) is 0 Å². The van der Waals surface area contributed by atoms with Crippen molar-refractivity contribution in [2.24, 2.45) is 5.92 Å². The summed E-state index contributed by atoms with van der Waals surface area (Å²) in [5.41, 5.74) is 1.87. The van der Waals surface area contributed by atoms with Gasteiger partial charge in [-0.2, -0.15) is 0 Å². The Balaban J connectivity index is 1.91. The second-order valence-electron chi connectivity index (χ2n) is 7.04. The minimum atomic E-state index is -0.524. The molecule has 0 bridgehead atoms. The van der Waals surface area contributed by atoms with Crippen LogP contribution in [0.3, 0.4) is 0 Å². The molecule has 2 N–H and O–H groups in total. The summed E-state index contributed by atoms with van der Waals surface area (Å²) < 4.78 is 11.8. The fourth-order valence-electron chi connectivity index (χ4n) is 3.43. The fourth-order valence-corrected chi connectivity index (χ4v) is 3.43. The van der Waals surface area contributed by atoms with Crippen molar-refractivity contribution in [3.05, 3.63) is 47.2 Å². The van der Waals surface area contributed by atoms with Gasteiger partial charge in [-0.05, 0) is 56.4 Å². The lowest BCUT2D eigenvalue weighted by atomic mass is 9.80. The number of benzene rings is 1. The number of aliphatic hydroxyl groups is 1. The predicted octanol–water partition coefficient (Wildman–Crippen LogP) is 2.70. The van der Waals surface area contributed by atoms with Gasteiger partial charge in [0.05, 0.1) is 0 Å². The number of hydrogen-bond acceptors (Lipinski definition) is 4. The number of hydrogen-bond donors (Lipinski definition) is 2. The van der Waals surface area contributed by atoms with Crippen molar-refractivity contribution < 1.29 is 19.4 Å². The van der Waals surface area contributed by atoms with Crippen LogP contribution in [0.5, 0.6) is 0 Å². The van der Waals surface area contributed by atoms with Crippen molar-refractivity contribution in [1.29, 1.82) is 0 Å². The highest BCUT2D eigenvalue weighted by Crippen LogP contribution is 2.39. The summed E-state index contributed by atoms with van der Waals surface area (Å²) in [6.07, 6.45) is 10.2. The first-order valence-corrected chi connectivity index (χ1v) is 9.64. The predicted molar refractivity (Wildman–Crippen MR) is 103 cm³/mol. The van der Waals surface area contributed by atoms with E-state index in [1.165, 1.54) is 0 Å². The molecule has 0 radical (unpaired) electrons. The molecule has 0 saturated heterocycles. The maximum absolute atomic E-state index is 12.6. The van der Waals surface area contributed by atoms with Crippen molar-refractivity contribution in [2.75, 3.05) is 13.2 Å². The minimum absolute atomic E-state index is 0.00580. The Hall–Kier alpha value is -2.29. The van der Waals surface area contributed by atoms with Gasteiger partial charge in [-0.15, -0.1) is 6.42 Å². The summed E-state index contributed by atoms with van der Waals surface area (Å²) >= 11 is 0.